The Hall–Kier alpha value is -1.33. The predicted molar refractivity (Wildman–Crippen MR) is 71.8 cm³/mol. The van der Waals surface area contributed by atoms with Crippen LogP contribution in [-0.2, 0) is 0 Å². The highest BCUT2D eigenvalue weighted by molar-refractivity contribution is 5.89. The van der Waals surface area contributed by atoms with Gasteiger partial charge in [0.05, 0.1) is 0 Å². The van der Waals surface area contributed by atoms with Gasteiger partial charge in [-0.1, -0.05) is 6.07 Å². The number of amides is 2. The van der Waals surface area contributed by atoms with Crippen LogP contribution in [0.1, 0.15) is 12.0 Å². The molecule has 1 aliphatic rings. The highest BCUT2D eigenvalue weighted by Crippen LogP contribution is 2.13. The van der Waals surface area contributed by atoms with Gasteiger partial charge in [0.2, 0.25) is 0 Å². The Bertz CT molecular complexity index is 422. The quantitative estimate of drug-likeness (QED) is 0.772. The van der Waals surface area contributed by atoms with Crippen LogP contribution in [0, 0.1) is 12.7 Å². The topological polar surface area (TPSA) is 53.2 Å². The Balaban J connectivity index is 0.00000162. The minimum absolute atomic E-state index is 0. The Morgan fingerprint density at radius 2 is 2.28 bits per heavy atom. The van der Waals surface area contributed by atoms with Crippen LogP contribution >= 0.6 is 12.4 Å². The summed E-state index contributed by atoms with van der Waals surface area (Å²) in [6.45, 7) is 3.39. The van der Waals surface area contributed by atoms with E-state index in [1.807, 2.05) is 0 Å². The normalized spacial score (nSPS) is 18.0. The highest BCUT2D eigenvalue weighted by atomic mass is 35.5. The lowest BCUT2D eigenvalue weighted by Gasteiger charge is -2.12. The third-order valence-electron chi connectivity index (χ3n) is 2.83. The molecule has 2 rings (SSSR count). The fourth-order valence-electron chi connectivity index (χ4n) is 1.80. The van der Waals surface area contributed by atoms with Crippen LogP contribution < -0.4 is 16.0 Å². The van der Waals surface area contributed by atoms with E-state index in [-0.39, 0.29) is 30.3 Å². The number of aryl methyl sites for hydroxylation is 1. The number of carbonyl (C=O) groups excluding carboxylic acids is 1. The summed E-state index contributed by atoms with van der Waals surface area (Å²) < 4.78 is 13.3. The van der Waals surface area contributed by atoms with Gasteiger partial charge in [-0.2, -0.15) is 0 Å². The molecular weight excluding hydrogens is 257 g/mol. The van der Waals surface area contributed by atoms with Crippen LogP contribution in [0.25, 0.3) is 0 Å². The zero-order valence-corrected chi connectivity index (χ0v) is 10.9. The van der Waals surface area contributed by atoms with E-state index >= 15 is 0 Å². The third-order valence-corrected chi connectivity index (χ3v) is 2.83. The summed E-state index contributed by atoms with van der Waals surface area (Å²) in [7, 11) is 0. The molecular formula is C12H17ClFN3O. The second-order valence-corrected chi connectivity index (χ2v) is 4.25. The largest absolute Gasteiger partial charge is 0.334 e. The van der Waals surface area contributed by atoms with E-state index in [1.165, 1.54) is 6.07 Å². The zero-order valence-electron chi connectivity index (χ0n) is 10.1. The van der Waals surface area contributed by atoms with Crippen LogP contribution in [0.2, 0.25) is 0 Å². The minimum atomic E-state index is -0.315. The molecule has 1 heterocycles. The van der Waals surface area contributed by atoms with Gasteiger partial charge >= 0.3 is 6.03 Å². The molecule has 2 amide bonds. The Labute approximate surface area is 112 Å². The van der Waals surface area contributed by atoms with Crippen molar-refractivity contribution in [3.63, 3.8) is 0 Å². The first-order valence-electron chi connectivity index (χ1n) is 5.69. The number of urea groups is 1. The molecule has 6 heteroatoms. The average Bonchev–Trinajstić information content (AvgIpc) is 2.76. The lowest BCUT2D eigenvalue weighted by Crippen LogP contribution is -2.39. The smallest absolute Gasteiger partial charge is 0.319 e. The van der Waals surface area contributed by atoms with Gasteiger partial charge in [-0.25, -0.2) is 9.18 Å². The maximum atomic E-state index is 13.3. The summed E-state index contributed by atoms with van der Waals surface area (Å²) in [5, 5.41) is 8.60. The highest BCUT2D eigenvalue weighted by Gasteiger charge is 2.16. The molecule has 0 aromatic heterocycles. The lowest BCUT2D eigenvalue weighted by atomic mass is 10.2. The first-order valence-corrected chi connectivity index (χ1v) is 5.69. The van der Waals surface area contributed by atoms with Crippen LogP contribution in [0.15, 0.2) is 18.2 Å². The van der Waals surface area contributed by atoms with E-state index in [4.69, 9.17) is 0 Å². The van der Waals surface area contributed by atoms with Crippen molar-refractivity contribution in [2.45, 2.75) is 19.4 Å². The monoisotopic (exact) mass is 273 g/mol. The van der Waals surface area contributed by atoms with Gasteiger partial charge in [-0.05, 0) is 37.6 Å². The van der Waals surface area contributed by atoms with Gasteiger partial charge in [-0.3, -0.25) is 0 Å². The SMILES string of the molecule is Cc1ccc(NC(=O)NC2CCNC2)cc1F.Cl. The molecule has 100 valence electrons. The number of carbonyl (C=O) groups is 1. The molecule has 0 aliphatic carbocycles. The lowest BCUT2D eigenvalue weighted by molar-refractivity contribution is 0.249. The molecule has 0 spiro atoms. The molecule has 0 saturated carbocycles. The molecule has 18 heavy (non-hydrogen) atoms. The maximum absolute atomic E-state index is 13.3. The molecule has 1 fully saturated rings. The van der Waals surface area contributed by atoms with Crippen molar-refractivity contribution in [3.8, 4) is 0 Å². The van der Waals surface area contributed by atoms with E-state index in [0.717, 1.165) is 19.5 Å². The molecule has 3 N–H and O–H groups in total. The summed E-state index contributed by atoms with van der Waals surface area (Å²) in [4.78, 5) is 11.6. The fraction of sp³-hybridized carbons (Fsp3) is 0.417. The van der Waals surface area contributed by atoms with E-state index in [0.29, 0.717) is 11.3 Å². The van der Waals surface area contributed by atoms with Crippen LogP contribution in [0.3, 0.4) is 0 Å². The zero-order chi connectivity index (χ0) is 12.3. The average molecular weight is 274 g/mol. The van der Waals surface area contributed by atoms with Crippen LogP contribution in [0.4, 0.5) is 14.9 Å². The van der Waals surface area contributed by atoms with Crippen molar-refractivity contribution in [3.05, 3.63) is 29.6 Å². The van der Waals surface area contributed by atoms with Crippen LogP contribution in [-0.4, -0.2) is 25.2 Å². The molecule has 0 radical (unpaired) electrons. The Kier molecular flexibility index (Phi) is 5.37. The number of anilines is 1. The third kappa shape index (κ3) is 3.85. The molecule has 1 saturated heterocycles. The van der Waals surface area contributed by atoms with Gasteiger partial charge < -0.3 is 16.0 Å². The molecule has 1 unspecified atom stereocenters. The number of benzene rings is 1. The van der Waals surface area contributed by atoms with E-state index in [1.54, 1.807) is 19.1 Å². The summed E-state index contributed by atoms with van der Waals surface area (Å²) in [5.74, 6) is -0.315. The second kappa shape index (κ2) is 6.56. The molecule has 1 aromatic rings. The van der Waals surface area contributed by atoms with Gasteiger partial charge in [-0.15, -0.1) is 12.4 Å². The van der Waals surface area contributed by atoms with Crippen molar-refractivity contribution in [2.24, 2.45) is 0 Å². The standard InChI is InChI=1S/C12H16FN3O.ClH/c1-8-2-3-9(6-11(8)13)15-12(17)16-10-4-5-14-7-10;/h2-3,6,10,14H,4-5,7H2,1H3,(H2,15,16,17);1H. The number of hydrogen-bond acceptors (Lipinski definition) is 2. The summed E-state index contributed by atoms with van der Waals surface area (Å²) in [6, 6.07) is 4.52. The Morgan fingerprint density at radius 1 is 1.50 bits per heavy atom. The van der Waals surface area contributed by atoms with Crippen molar-refractivity contribution in [1.82, 2.24) is 10.6 Å². The van der Waals surface area contributed by atoms with E-state index in [9.17, 15) is 9.18 Å². The summed E-state index contributed by atoms with van der Waals surface area (Å²) in [6.07, 6.45) is 0.926. The molecule has 1 aliphatic heterocycles. The van der Waals surface area contributed by atoms with Gasteiger partial charge in [0.1, 0.15) is 5.82 Å². The minimum Gasteiger partial charge on any atom is -0.334 e. The summed E-state index contributed by atoms with van der Waals surface area (Å²) >= 11 is 0. The number of rotatable bonds is 2. The van der Waals surface area contributed by atoms with E-state index < -0.39 is 0 Å². The second-order valence-electron chi connectivity index (χ2n) is 4.25. The van der Waals surface area contributed by atoms with Crippen molar-refractivity contribution >= 4 is 24.1 Å². The van der Waals surface area contributed by atoms with Crippen molar-refractivity contribution in [2.75, 3.05) is 18.4 Å². The number of hydrogen-bond donors (Lipinski definition) is 3. The molecule has 0 bridgehead atoms. The molecule has 1 atom stereocenters. The number of nitrogens with one attached hydrogen (secondary N) is 3. The first kappa shape index (κ1) is 14.7. The van der Waals surface area contributed by atoms with Gasteiger partial charge in [0.25, 0.3) is 0 Å². The fourth-order valence-corrected chi connectivity index (χ4v) is 1.80. The summed E-state index contributed by atoms with van der Waals surface area (Å²) in [5.41, 5.74) is 1.03. The van der Waals surface area contributed by atoms with Crippen molar-refractivity contribution in [1.29, 1.82) is 0 Å². The van der Waals surface area contributed by atoms with Gasteiger partial charge in [0, 0.05) is 18.3 Å². The van der Waals surface area contributed by atoms with Crippen LogP contribution in [0.5, 0.6) is 0 Å². The molecule has 1 aromatic carbocycles. The Morgan fingerprint density at radius 3 is 2.89 bits per heavy atom. The van der Waals surface area contributed by atoms with E-state index in [2.05, 4.69) is 16.0 Å². The maximum Gasteiger partial charge on any atom is 0.319 e. The van der Waals surface area contributed by atoms with Crippen molar-refractivity contribution < 1.29 is 9.18 Å². The molecule has 4 nitrogen and oxygen atoms in total. The predicted octanol–water partition coefficient (Wildman–Crippen LogP) is 2.04. The van der Waals surface area contributed by atoms with Gasteiger partial charge in [0.15, 0.2) is 0 Å². The number of halogens is 2. The first-order chi connectivity index (χ1) is 8.15.